The van der Waals surface area contributed by atoms with Crippen LogP contribution in [0.5, 0.6) is 0 Å². The number of ether oxygens (including phenoxy) is 1. The second-order valence-corrected chi connectivity index (χ2v) is 12.6. The lowest BCUT2D eigenvalue weighted by Crippen LogP contribution is -2.48. The van der Waals surface area contributed by atoms with Crippen molar-refractivity contribution in [2.75, 3.05) is 51.8 Å². The lowest BCUT2D eigenvalue weighted by Gasteiger charge is -2.35. The molecule has 3 aromatic rings. The highest BCUT2D eigenvalue weighted by molar-refractivity contribution is 7.17. The van der Waals surface area contributed by atoms with Gasteiger partial charge < -0.3 is 29.7 Å². The van der Waals surface area contributed by atoms with Gasteiger partial charge in [0.15, 0.2) is 5.13 Å². The van der Waals surface area contributed by atoms with Crippen LogP contribution in [0.3, 0.4) is 0 Å². The largest absolute Gasteiger partial charge is 0.377 e. The van der Waals surface area contributed by atoms with Gasteiger partial charge in [-0.25, -0.2) is 4.98 Å². The van der Waals surface area contributed by atoms with Crippen molar-refractivity contribution in [3.8, 4) is 0 Å². The highest BCUT2D eigenvalue weighted by Gasteiger charge is 2.36. The molecule has 2 fully saturated rings. The van der Waals surface area contributed by atoms with Crippen LogP contribution in [0.25, 0.3) is 10.9 Å². The molecule has 202 valence electrons. The van der Waals surface area contributed by atoms with Gasteiger partial charge in [0.25, 0.3) is 11.8 Å². The maximum absolute atomic E-state index is 13.3. The summed E-state index contributed by atoms with van der Waals surface area (Å²) < 4.78 is 5.89. The fourth-order valence-corrected chi connectivity index (χ4v) is 7.00. The van der Waals surface area contributed by atoms with E-state index in [-0.39, 0.29) is 23.4 Å². The third-order valence-electron chi connectivity index (χ3n) is 8.08. The minimum absolute atomic E-state index is 0.0338. The molecule has 0 aliphatic carbocycles. The van der Waals surface area contributed by atoms with E-state index in [0.29, 0.717) is 19.3 Å². The zero-order valence-electron chi connectivity index (χ0n) is 22.5. The van der Waals surface area contributed by atoms with Crippen molar-refractivity contribution < 1.29 is 14.3 Å². The highest BCUT2D eigenvalue weighted by atomic mass is 32.1. The molecule has 2 amide bonds. The SMILES string of the molecule is CN(C)[C@@H]1CCN(C(=O)c2ccc3[nH]cc(C[C@H]4COCCN4c4nc5c(s4)C(=O)NC(C)(C)C5)c3c2)C1. The van der Waals surface area contributed by atoms with Crippen molar-refractivity contribution in [1.82, 2.24) is 25.1 Å². The fraction of sp³-hybridized carbons (Fsp3) is 0.536. The predicted octanol–water partition coefficient (Wildman–Crippen LogP) is 2.91. The smallest absolute Gasteiger partial charge is 0.263 e. The van der Waals surface area contributed by atoms with Gasteiger partial charge in [-0.15, -0.1) is 0 Å². The first-order valence-electron chi connectivity index (χ1n) is 13.4. The van der Waals surface area contributed by atoms with Gasteiger partial charge in [0.05, 0.1) is 24.9 Å². The number of aromatic amines is 1. The normalized spacial score (nSPS) is 23.2. The topological polar surface area (TPSA) is 93.8 Å². The van der Waals surface area contributed by atoms with Crippen LogP contribution in [0.15, 0.2) is 24.4 Å². The Balaban J connectivity index is 1.24. The zero-order valence-corrected chi connectivity index (χ0v) is 23.4. The average Bonchev–Trinajstić information content (AvgIpc) is 3.62. The molecule has 2 saturated heterocycles. The second kappa shape index (κ2) is 9.66. The first kappa shape index (κ1) is 25.3. The number of carbonyl (C=O) groups is 2. The molecule has 2 N–H and O–H groups in total. The van der Waals surface area contributed by atoms with Crippen LogP contribution in [-0.4, -0.2) is 96.1 Å². The van der Waals surface area contributed by atoms with Crippen LogP contribution in [0.4, 0.5) is 5.13 Å². The standard InChI is InChI=1S/C28H36N6O3S/c1-28(2)13-23-24(25(35)31-28)38-27(30-23)34-9-10-37-16-20(34)11-18-14-29-22-6-5-17(12-21(18)22)26(36)33-8-7-19(15-33)32(3)4/h5-6,12,14,19-20,29H,7-11,13,15-16H2,1-4H3,(H,31,35)/t19-,20+/m1/s1. The lowest BCUT2D eigenvalue weighted by molar-refractivity contribution is 0.0782. The van der Waals surface area contributed by atoms with E-state index in [4.69, 9.17) is 9.72 Å². The van der Waals surface area contributed by atoms with Gasteiger partial charge in [-0.3, -0.25) is 9.59 Å². The number of hydrogen-bond acceptors (Lipinski definition) is 7. The number of nitrogens with zero attached hydrogens (tertiary/aromatic N) is 4. The van der Waals surface area contributed by atoms with Gasteiger partial charge in [0, 0.05) is 60.3 Å². The third-order valence-corrected chi connectivity index (χ3v) is 9.21. The summed E-state index contributed by atoms with van der Waals surface area (Å²) in [6.45, 7) is 7.58. The first-order valence-corrected chi connectivity index (χ1v) is 14.2. The molecule has 1 aromatic carbocycles. The predicted molar refractivity (Wildman–Crippen MR) is 149 cm³/mol. The van der Waals surface area contributed by atoms with E-state index in [1.54, 1.807) is 0 Å². The molecule has 0 spiro atoms. The third kappa shape index (κ3) is 4.69. The van der Waals surface area contributed by atoms with Gasteiger partial charge in [-0.1, -0.05) is 11.3 Å². The molecule has 9 nitrogen and oxygen atoms in total. The number of morpholine rings is 1. The Morgan fingerprint density at radius 3 is 2.92 bits per heavy atom. The molecular formula is C28H36N6O3S. The van der Waals surface area contributed by atoms with Gasteiger partial charge in [0.2, 0.25) is 0 Å². The Kier molecular flexibility index (Phi) is 6.44. The number of thiazole rings is 1. The maximum atomic E-state index is 13.3. The van der Waals surface area contributed by atoms with Gasteiger partial charge in [-0.05, 0) is 64.5 Å². The summed E-state index contributed by atoms with van der Waals surface area (Å²) in [5.74, 6) is 0.0640. The number of benzene rings is 1. The summed E-state index contributed by atoms with van der Waals surface area (Å²) in [5.41, 5.74) is 3.51. The quantitative estimate of drug-likeness (QED) is 0.521. The summed E-state index contributed by atoms with van der Waals surface area (Å²) in [6, 6.07) is 6.48. The minimum Gasteiger partial charge on any atom is -0.377 e. The summed E-state index contributed by atoms with van der Waals surface area (Å²) in [7, 11) is 4.15. The monoisotopic (exact) mass is 536 g/mol. The van der Waals surface area contributed by atoms with Crippen LogP contribution in [0.1, 0.15) is 51.6 Å². The molecule has 0 saturated carbocycles. The number of likely N-dealkylation sites (N-methyl/N-ethyl adjacent to an activating group) is 1. The van der Waals surface area contributed by atoms with E-state index in [9.17, 15) is 9.59 Å². The number of anilines is 1. The minimum atomic E-state index is -0.290. The van der Waals surface area contributed by atoms with Crippen LogP contribution in [0, 0.1) is 0 Å². The molecule has 2 atom stereocenters. The number of rotatable bonds is 5. The molecule has 0 radical (unpaired) electrons. The van der Waals surface area contributed by atoms with E-state index in [1.165, 1.54) is 11.3 Å². The molecule has 3 aliphatic heterocycles. The van der Waals surface area contributed by atoms with Crippen molar-refractivity contribution >= 4 is 39.2 Å². The summed E-state index contributed by atoms with van der Waals surface area (Å²) in [6.07, 6.45) is 4.54. The van der Waals surface area contributed by atoms with Crippen LogP contribution in [0.2, 0.25) is 0 Å². The van der Waals surface area contributed by atoms with E-state index < -0.39 is 0 Å². The molecule has 38 heavy (non-hydrogen) atoms. The van der Waals surface area contributed by atoms with E-state index in [2.05, 4.69) is 34.2 Å². The average molecular weight is 537 g/mol. The van der Waals surface area contributed by atoms with E-state index in [1.807, 2.05) is 43.1 Å². The fourth-order valence-electron chi connectivity index (χ4n) is 5.93. The molecule has 3 aliphatic rings. The number of nitrogens with one attached hydrogen (secondary N) is 2. The summed E-state index contributed by atoms with van der Waals surface area (Å²) in [4.78, 5) is 41.5. The number of likely N-dealkylation sites (tertiary alicyclic amines) is 1. The van der Waals surface area contributed by atoms with E-state index >= 15 is 0 Å². The summed E-state index contributed by atoms with van der Waals surface area (Å²) in [5, 5.41) is 5.05. The summed E-state index contributed by atoms with van der Waals surface area (Å²) >= 11 is 1.48. The van der Waals surface area contributed by atoms with E-state index in [0.717, 1.165) is 76.6 Å². The maximum Gasteiger partial charge on any atom is 0.263 e. The van der Waals surface area contributed by atoms with Gasteiger partial charge in [-0.2, -0.15) is 0 Å². The molecule has 2 aromatic heterocycles. The Hall–Kier alpha value is -2.95. The van der Waals surface area contributed by atoms with Crippen molar-refractivity contribution in [1.29, 1.82) is 0 Å². The number of fused-ring (bicyclic) bond motifs is 2. The molecule has 0 bridgehead atoms. The van der Waals surface area contributed by atoms with Gasteiger partial charge in [0.1, 0.15) is 4.88 Å². The number of carbonyl (C=O) groups excluding carboxylic acids is 2. The Morgan fingerprint density at radius 1 is 1.29 bits per heavy atom. The number of amides is 2. The number of H-pyrrole nitrogens is 1. The van der Waals surface area contributed by atoms with Crippen LogP contribution in [-0.2, 0) is 17.6 Å². The first-order chi connectivity index (χ1) is 18.2. The Labute approximate surface area is 227 Å². The molecule has 0 unspecified atom stereocenters. The van der Waals surface area contributed by atoms with Gasteiger partial charge >= 0.3 is 0 Å². The molecule has 6 rings (SSSR count). The van der Waals surface area contributed by atoms with Crippen LogP contribution >= 0.6 is 11.3 Å². The Bertz CT molecular complexity index is 1380. The zero-order chi connectivity index (χ0) is 26.6. The van der Waals surface area contributed by atoms with Crippen LogP contribution < -0.4 is 10.2 Å². The number of hydrogen-bond donors (Lipinski definition) is 2. The van der Waals surface area contributed by atoms with Crippen molar-refractivity contribution in [3.05, 3.63) is 46.1 Å². The molecular weight excluding hydrogens is 500 g/mol. The number of aromatic nitrogens is 2. The highest BCUT2D eigenvalue weighted by Crippen LogP contribution is 2.34. The second-order valence-electron chi connectivity index (χ2n) is 11.6. The Morgan fingerprint density at radius 2 is 2.13 bits per heavy atom. The van der Waals surface area contributed by atoms with Crippen molar-refractivity contribution in [3.63, 3.8) is 0 Å². The molecule has 10 heteroatoms. The van der Waals surface area contributed by atoms with Crippen molar-refractivity contribution in [2.24, 2.45) is 0 Å². The lowest BCUT2D eigenvalue weighted by atomic mass is 9.94. The molecule has 5 heterocycles. The van der Waals surface area contributed by atoms with Crippen molar-refractivity contribution in [2.45, 2.75) is 50.7 Å².